The second-order valence-electron chi connectivity index (χ2n) is 6.87. The first-order valence-electron chi connectivity index (χ1n) is 9.52. The first-order valence-corrected chi connectivity index (χ1v) is 9.90. The number of amides is 1. The Morgan fingerprint density at radius 2 is 1.50 bits per heavy atom. The average molecular weight is 454 g/mol. The number of hydrogen-bond acceptors (Lipinski definition) is 5. The van der Waals surface area contributed by atoms with E-state index in [1.807, 2.05) is 29.2 Å². The highest BCUT2D eigenvalue weighted by Crippen LogP contribution is 2.15. The van der Waals surface area contributed by atoms with E-state index in [1.54, 1.807) is 0 Å². The lowest BCUT2D eigenvalue weighted by Gasteiger charge is -2.35. The highest BCUT2D eigenvalue weighted by atomic mass is 35.5. The Balaban J connectivity index is 0.00000196. The molecule has 160 valence electrons. The lowest BCUT2D eigenvalue weighted by Crippen LogP contribution is -2.49. The molecular weight excluding hydrogens is 423 g/mol. The standard InChI is InChI=1S/C19H29ClN4O2.2ClH/c20-17-1-3-18(4-2-17)26-16-15-23-13-11-22(12-14-23)8-5-19(25)24-9-6-21-7-10-24;;/h1-4,21H,5-16H2;2*1H. The summed E-state index contributed by atoms with van der Waals surface area (Å²) in [6.45, 7) is 10.1. The number of nitrogens with zero attached hydrogens (tertiary/aromatic N) is 3. The number of nitrogens with one attached hydrogen (secondary N) is 1. The predicted molar refractivity (Wildman–Crippen MR) is 118 cm³/mol. The van der Waals surface area contributed by atoms with Crippen molar-refractivity contribution < 1.29 is 9.53 Å². The van der Waals surface area contributed by atoms with Crippen LogP contribution < -0.4 is 10.1 Å². The van der Waals surface area contributed by atoms with Crippen molar-refractivity contribution in [2.45, 2.75) is 6.42 Å². The van der Waals surface area contributed by atoms with Gasteiger partial charge in [0, 0.05) is 76.9 Å². The monoisotopic (exact) mass is 452 g/mol. The van der Waals surface area contributed by atoms with Crippen LogP contribution in [0.1, 0.15) is 6.42 Å². The second kappa shape index (κ2) is 13.5. The molecule has 3 rings (SSSR count). The van der Waals surface area contributed by atoms with Crippen LogP contribution >= 0.6 is 36.4 Å². The number of carbonyl (C=O) groups excluding carboxylic acids is 1. The molecule has 2 saturated heterocycles. The fourth-order valence-electron chi connectivity index (χ4n) is 3.39. The maximum absolute atomic E-state index is 12.2. The Hall–Kier alpha value is -0.760. The molecule has 0 radical (unpaired) electrons. The molecule has 1 N–H and O–H groups in total. The third-order valence-corrected chi connectivity index (χ3v) is 5.32. The van der Waals surface area contributed by atoms with E-state index in [2.05, 4.69) is 15.1 Å². The van der Waals surface area contributed by atoms with Crippen molar-refractivity contribution in [2.75, 3.05) is 72.1 Å². The molecule has 2 aliphatic heterocycles. The maximum atomic E-state index is 12.2. The summed E-state index contributed by atoms with van der Waals surface area (Å²) in [4.78, 5) is 19.0. The largest absolute Gasteiger partial charge is 0.492 e. The number of carbonyl (C=O) groups is 1. The number of benzene rings is 1. The summed E-state index contributed by atoms with van der Waals surface area (Å²) in [7, 11) is 0. The van der Waals surface area contributed by atoms with Gasteiger partial charge in [0.2, 0.25) is 5.91 Å². The van der Waals surface area contributed by atoms with Crippen LogP contribution in [-0.4, -0.2) is 92.7 Å². The third-order valence-electron chi connectivity index (χ3n) is 5.07. The second-order valence-corrected chi connectivity index (χ2v) is 7.30. The molecule has 1 amide bonds. The summed E-state index contributed by atoms with van der Waals surface area (Å²) in [5, 5.41) is 4.01. The van der Waals surface area contributed by atoms with Gasteiger partial charge in [0.1, 0.15) is 12.4 Å². The Morgan fingerprint density at radius 3 is 2.11 bits per heavy atom. The highest BCUT2D eigenvalue weighted by molar-refractivity contribution is 6.30. The van der Waals surface area contributed by atoms with Gasteiger partial charge in [0.15, 0.2) is 0 Å². The van der Waals surface area contributed by atoms with Crippen LogP contribution in [0.4, 0.5) is 0 Å². The molecular formula is C19H31Cl3N4O2. The van der Waals surface area contributed by atoms with Gasteiger partial charge in [-0.3, -0.25) is 9.69 Å². The average Bonchev–Trinajstić information content (AvgIpc) is 2.69. The fourth-order valence-corrected chi connectivity index (χ4v) is 3.51. The molecule has 0 saturated carbocycles. The minimum atomic E-state index is 0. The fraction of sp³-hybridized carbons (Fsp3) is 0.632. The molecule has 0 unspecified atom stereocenters. The van der Waals surface area contributed by atoms with Crippen molar-refractivity contribution in [2.24, 2.45) is 0 Å². The minimum absolute atomic E-state index is 0. The van der Waals surface area contributed by atoms with Crippen molar-refractivity contribution in [3.63, 3.8) is 0 Å². The van der Waals surface area contributed by atoms with E-state index in [-0.39, 0.29) is 24.8 Å². The topological polar surface area (TPSA) is 48.1 Å². The maximum Gasteiger partial charge on any atom is 0.223 e. The van der Waals surface area contributed by atoms with Gasteiger partial charge >= 0.3 is 0 Å². The van der Waals surface area contributed by atoms with Crippen molar-refractivity contribution in [3.8, 4) is 5.75 Å². The molecule has 6 nitrogen and oxygen atoms in total. The number of hydrogen-bond donors (Lipinski definition) is 1. The van der Waals surface area contributed by atoms with Gasteiger partial charge in [-0.2, -0.15) is 0 Å². The summed E-state index contributed by atoms with van der Waals surface area (Å²) in [6.07, 6.45) is 0.639. The first kappa shape index (κ1) is 25.3. The van der Waals surface area contributed by atoms with Crippen molar-refractivity contribution in [1.82, 2.24) is 20.0 Å². The van der Waals surface area contributed by atoms with Crippen LogP contribution in [0.3, 0.4) is 0 Å². The summed E-state index contributed by atoms with van der Waals surface area (Å²) < 4.78 is 5.77. The molecule has 0 spiro atoms. The van der Waals surface area contributed by atoms with E-state index in [0.717, 1.165) is 76.2 Å². The quantitative estimate of drug-likeness (QED) is 0.684. The van der Waals surface area contributed by atoms with Gasteiger partial charge in [-0.15, -0.1) is 24.8 Å². The zero-order valence-corrected chi connectivity index (χ0v) is 18.5. The molecule has 1 aromatic carbocycles. The predicted octanol–water partition coefficient (Wildman–Crippen LogP) is 2.00. The van der Waals surface area contributed by atoms with E-state index >= 15 is 0 Å². The summed E-state index contributed by atoms with van der Waals surface area (Å²) in [5.74, 6) is 1.16. The summed E-state index contributed by atoms with van der Waals surface area (Å²) >= 11 is 5.88. The smallest absolute Gasteiger partial charge is 0.223 e. The SMILES string of the molecule is Cl.Cl.O=C(CCN1CCN(CCOc2ccc(Cl)cc2)CC1)N1CCNCC1. The number of halogens is 3. The zero-order chi connectivity index (χ0) is 18.2. The van der Waals surface area contributed by atoms with E-state index in [1.165, 1.54) is 0 Å². The van der Waals surface area contributed by atoms with Crippen molar-refractivity contribution in [3.05, 3.63) is 29.3 Å². The molecule has 0 atom stereocenters. The number of ether oxygens (including phenoxy) is 1. The molecule has 2 aliphatic rings. The molecule has 28 heavy (non-hydrogen) atoms. The van der Waals surface area contributed by atoms with E-state index in [9.17, 15) is 4.79 Å². The van der Waals surface area contributed by atoms with Gasteiger partial charge < -0.3 is 19.9 Å². The van der Waals surface area contributed by atoms with Gasteiger partial charge in [-0.25, -0.2) is 0 Å². The van der Waals surface area contributed by atoms with Crippen LogP contribution in [0.2, 0.25) is 5.02 Å². The van der Waals surface area contributed by atoms with Crippen LogP contribution in [0.15, 0.2) is 24.3 Å². The Labute approximate surface area is 185 Å². The normalized spacial score (nSPS) is 18.1. The van der Waals surface area contributed by atoms with Gasteiger partial charge in [0.05, 0.1) is 0 Å². The molecule has 0 aliphatic carbocycles. The number of piperazine rings is 2. The van der Waals surface area contributed by atoms with Gasteiger partial charge in [-0.05, 0) is 24.3 Å². The Kier molecular flexibility index (Phi) is 12.2. The van der Waals surface area contributed by atoms with E-state index < -0.39 is 0 Å². The lowest BCUT2D eigenvalue weighted by atomic mass is 10.2. The third kappa shape index (κ3) is 8.31. The van der Waals surface area contributed by atoms with Gasteiger partial charge in [0.25, 0.3) is 0 Å². The molecule has 1 aromatic rings. The Bertz CT molecular complexity index is 563. The van der Waals surface area contributed by atoms with Crippen LogP contribution in [-0.2, 0) is 4.79 Å². The Morgan fingerprint density at radius 1 is 0.929 bits per heavy atom. The molecule has 9 heteroatoms. The highest BCUT2D eigenvalue weighted by Gasteiger charge is 2.20. The van der Waals surface area contributed by atoms with Crippen molar-refractivity contribution >= 4 is 42.3 Å². The zero-order valence-electron chi connectivity index (χ0n) is 16.1. The first-order chi connectivity index (χ1) is 12.7. The molecule has 2 heterocycles. The molecule has 0 bridgehead atoms. The van der Waals surface area contributed by atoms with Crippen molar-refractivity contribution in [1.29, 1.82) is 0 Å². The molecule has 0 aromatic heterocycles. The van der Waals surface area contributed by atoms with Crippen LogP contribution in [0.25, 0.3) is 0 Å². The van der Waals surface area contributed by atoms with Crippen LogP contribution in [0, 0.1) is 0 Å². The minimum Gasteiger partial charge on any atom is -0.492 e. The molecule has 2 fully saturated rings. The van der Waals surface area contributed by atoms with Crippen LogP contribution in [0.5, 0.6) is 5.75 Å². The lowest BCUT2D eigenvalue weighted by molar-refractivity contribution is -0.132. The number of rotatable bonds is 7. The summed E-state index contributed by atoms with van der Waals surface area (Å²) in [6, 6.07) is 7.49. The summed E-state index contributed by atoms with van der Waals surface area (Å²) in [5.41, 5.74) is 0. The van der Waals surface area contributed by atoms with Gasteiger partial charge in [-0.1, -0.05) is 11.6 Å². The van der Waals surface area contributed by atoms with E-state index in [0.29, 0.717) is 18.9 Å². The van der Waals surface area contributed by atoms with E-state index in [4.69, 9.17) is 16.3 Å².